The average molecular weight is 420 g/mol. The second-order valence-electron chi connectivity index (χ2n) is 4.07. The number of hydrogen-bond acceptors (Lipinski definition) is 2. The van der Waals surface area contributed by atoms with E-state index in [0.29, 0.717) is 20.7 Å². The number of nitrogens with one attached hydrogen (secondary N) is 1. The summed E-state index contributed by atoms with van der Waals surface area (Å²) in [5.74, 6) is -0.963. The van der Waals surface area contributed by atoms with Gasteiger partial charge >= 0.3 is 5.97 Å². The molecular formula is C14H10Br2ClNO2. The summed E-state index contributed by atoms with van der Waals surface area (Å²) in [7, 11) is 0. The van der Waals surface area contributed by atoms with Gasteiger partial charge in [0.1, 0.15) is 0 Å². The molecule has 0 fully saturated rings. The summed E-state index contributed by atoms with van der Waals surface area (Å²) in [5, 5.41) is 13.0. The molecule has 0 aliphatic carbocycles. The molecule has 0 aliphatic rings. The highest BCUT2D eigenvalue weighted by Gasteiger charge is 2.21. The van der Waals surface area contributed by atoms with E-state index in [2.05, 4.69) is 37.2 Å². The molecule has 1 unspecified atom stereocenters. The lowest BCUT2D eigenvalue weighted by atomic mass is 10.1. The van der Waals surface area contributed by atoms with E-state index in [-0.39, 0.29) is 0 Å². The molecule has 2 aromatic rings. The quantitative estimate of drug-likeness (QED) is 0.725. The van der Waals surface area contributed by atoms with E-state index in [1.165, 1.54) is 0 Å². The first-order valence-electron chi connectivity index (χ1n) is 5.68. The lowest BCUT2D eigenvalue weighted by Gasteiger charge is -2.17. The first-order valence-corrected chi connectivity index (χ1v) is 7.64. The highest BCUT2D eigenvalue weighted by atomic mass is 79.9. The first-order chi connectivity index (χ1) is 9.49. The standard InChI is InChI=1S/C14H10Br2ClNO2/c15-9-3-1-2-4-12(9)18-13(14(19)20)8-5-6-11(17)10(16)7-8/h1-7,13,18H,(H,19,20). The number of hydrogen-bond donors (Lipinski definition) is 2. The topological polar surface area (TPSA) is 49.3 Å². The minimum absolute atomic E-state index is 0.541. The van der Waals surface area contributed by atoms with Crippen molar-refractivity contribution in [2.45, 2.75) is 6.04 Å². The van der Waals surface area contributed by atoms with E-state index in [1.54, 1.807) is 18.2 Å². The van der Waals surface area contributed by atoms with Gasteiger partial charge in [-0.3, -0.25) is 0 Å². The number of benzene rings is 2. The molecule has 1 atom stereocenters. The second-order valence-corrected chi connectivity index (χ2v) is 6.18. The Morgan fingerprint density at radius 2 is 1.85 bits per heavy atom. The molecule has 104 valence electrons. The van der Waals surface area contributed by atoms with Crippen LogP contribution < -0.4 is 5.32 Å². The summed E-state index contributed by atoms with van der Waals surface area (Å²) in [5.41, 5.74) is 1.33. The zero-order valence-corrected chi connectivity index (χ0v) is 14.0. The van der Waals surface area contributed by atoms with Crippen molar-refractivity contribution in [1.29, 1.82) is 0 Å². The molecule has 2 rings (SSSR count). The fraction of sp³-hybridized carbons (Fsp3) is 0.0714. The van der Waals surface area contributed by atoms with Gasteiger partial charge in [0.05, 0.1) is 5.02 Å². The molecule has 0 aliphatic heterocycles. The van der Waals surface area contributed by atoms with Crippen LogP contribution in [-0.2, 0) is 4.79 Å². The third-order valence-electron chi connectivity index (χ3n) is 2.70. The van der Waals surface area contributed by atoms with Crippen molar-refractivity contribution in [2.75, 3.05) is 5.32 Å². The van der Waals surface area contributed by atoms with Crippen LogP contribution in [0.25, 0.3) is 0 Å². The van der Waals surface area contributed by atoms with Crippen molar-refractivity contribution in [3.05, 3.63) is 62.0 Å². The third-order valence-corrected chi connectivity index (χ3v) is 4.60. The molecule has 20 heavy (non-hydrogen) atoms. The van der Waals surface area contributed by atoms with Crippen molar-refractivity contribution in [1.82, 2.24) is 0 Å². The Labute approximate surface area is 138 Å². The maximum Gasteiger partial charge on any atom is 0.330 e. The van der Waals surface area contributed by atoms with Gasteiger partial charge < -0.3 is 10.4 Å². The minimum Gasteiger partial charge on any atom is -0.479 e. The van der Waals surface area contributed by atoms with Crippen molar-refractivity contribution in [2.24, 2.45) is 0 Å². The molecule has 3 nitrogen and oxygen atoms in total. The lowest BCUT2D eigenvalue weighted by Crippen LogP contribution is -2.20. The number of carboxylic acid groups (broad SMARTS) is 1. The van der Waals surface area contributed by atoms with Gasteiger partial charge in [0.25, 0.3) is 0 Å². The zero-order valence-electron chi connectivity index (χ0n) is 10.1. The van der Waals surface area contributed by atoms with Crippen LogP contribution in [0, 0.1) is 0 Å². The fourth-order valence-corrected chi connectivity index (χ4v) is 2.63. The van der Waals surface area contributed by atoms with E-state index in [4.69, 9.17) is 11.6 Å². The Morgan fingerprint density at radius 1 is 1.15 bits per heavy atom. The predicted molar refractivity (Wildman–Crippen MR) is 87.3 cm³/mol. The highest BCUT2D eigenvalue weighted by Crippen LogP contribution is 2.30. The summed E-state index contributed by atoms with van der Waals surface area (Å²) in [6.07, 6.45) is 0. The van der Waals surface area contributed by atoms with Crippen LogP contribution in [0.15, 0.2) is 51.4 Å². The summed E-state index contributed by atoms with van der Waals surface area (Å²) < 4.78 is 1.47. The molecular weight excluding hydrogens is 409 g/mol. The van der Waals surface area contributed by atoms with Crippen LogP contribution in [0.3, 0.4) is 0 Å². The molecule has 0 bridgehead atoms. The number of para-hydroxylation sites is 1. The first kappa shape index (κ1) is 15.4. The average Bonchev–Trinajstić information content (AvgIpc) is 2.41. The van der Waals surface area contributed by atoms with Crippen LogP contribution in [0.2, 0.25) is 5.02 Å². The number of halogens is 3. The smallest absolute Gasteiger partial charge is 0.330 e. The molecule has 6 heteroatoms. The van der Waals surface area contributed by atoms with E-state index >= 15 is 0 Å². The van der Waals surface area contributed by atoms with Crippen molar-refractivity contribution >= 4 is 55.1 Å². The summed E-state index contributed by atoms with van der Waals surface area (Å²) in [6, 6.07) is 11.6. The Balaban J connectivity index is 2.34. The van der Waals surface area contributed by atoms with Gasteiger partial charge in [-0.2, -0.15) is 0 Å². The molecule has 0 spiro atoms. The second kappa shape index (κ2) is 6.61. The molecule has 0 amide bonds. The van der Waals surface area contributed by atoms with Gasteiger partial charge in [-0.25, -0.2) is 4.79 Å². The number of carbonyl (C=O) groups is 1. The normalized spacial score (nSPS) is 11.9. The van der Waals surface area contributed by atoms with Gasteiger partial charge in [-0.1, -0.05) is 29.8 Å². The van der Waals surface area contributed by atoms with Crippen LogP contribution in [0.4, 0.5) is 5.69 Å². The minimum atomic E-state index is -0.963. The Morgan fingerprint density at radius 3 is 2.45 bits per heavy atom. The highest BCUT2D eigenvalue weighted by molar-refractivity contribution is 9.11. The fourth-order valence-electron chi connectivity index (χ4n) is 1.71. The molecule has 0 aromatic heterocycles. The Kier molecular flexibility index (Phi) is 5.07. The summed E-state index contributed by atoms with van der Waals surface area (Å²) >= 11 is 12.6. The van der Waals surface area contributed by atoms with E-state index in [0.717, 1.165) is 4.47 Å². The number of carboxylic acids is 1. The molecule has 0 heterocycles. The van der Waals surface area contributed by atoms with E-state index in [1.807, 2.05) is 24.3 Å². The monoisotopic (exact) mass is 417 g/mol. The van der Waals surface area contributed by atoms with Crippen molar-refractivity contribution in [3.63, 3.8) is 0 Å². The van der Waals surface area contributed by atoms with Crippen LogP contribution >= 0.6 is 43.5 Å². The van der Waals surface area contributed by atoms with Crippen molar-refractivity contribution < 1.29 is 9.90 Å². The summed E-state index contributed by atoms with van der Waals surface area (Å²) in [6.45, 7) is 0. The summed E-state index contributed by atoms with van der Waals surface area (Å²) in [4.78, 5) is 11.5. The molecule has 0 saturated heterocycles. The van der Waals surface area contributed by atoms with Gasteiger partial charge in [0.15, 0.2) is 6.04 Å². The number of anilines is 1. The number of rotatable bonds is 4. The molecule has 2 N–H and O–H groups in total. The van der Waals surface area contributed by atoms with Gasteiger partial charge in [0, 0.05) is 14.6 Å². The maximum absolute atomic E-state index is 11.5. The van der Waals surface area contributed by atoms with Crippen LogP contribution in [0.1, 0.15) is 11.6 Å². The van der Waals surface area contributed by atoms with Gasteiger partial charge in [0.2, 0.25) is 0 Å². The van der Waals surface area contributed by atoms with Gasteiger partial charge in [-0.15, -0.1) is 0 Å². The van der Waals surface area contributed by atoms with Crippen molar-refractivity contribution in [3.8, 4) is 0 Å². The SMILES string of the molecule is O=C(O)C(Nc1ccccc1Br)c1ccc(Cl)c(Br)c1. The molecule has 0 radical (unpaired) electrons. The Hall–Kier alpha value is -1.04. The predicted octanol–water partition coefficient (Wildman–Crippen LogP) is 5.10. The number of aliphatic carboxylic acids is 1. The maximum atomic E-state index is 11.5. The third kappa shape index (κ3) is 3.53. The molecule has 0 saturated carbocycles. The van der Waals surface area contributed by atoms with Gasteiger partial charge in [-0.05, 0) is 61.7 Å². The van der Waals surface area contributed by atoms with E-state index < -0.39 is 12.0 Å². The molecule has 2 aromatic carbocycles. The Bertz CT molecular complexity index is 649. The van der Waals surface area contributed by atoms with E-state index in [9.17, 15) is 9.90 Å². The van der Waals surface area contributed by atoms with Crippen LogP contribution in [0.5, 0.6) is 0 Å². The largest absolute Gasteiger partial charge is 0.479 e. The van der Waals surface area contributed by atoms with Crippen LogP contribution in [-0.4, -0.2) is 11.1 Å². The lowest BCUT2D eigenvalue weighted by molar-refractivity contribution is -0.138. The zero-order chi connectivity index (χ0) is 14.7.